The molecule has 2 heterocycles. The second kappa shape index (κ2) is 7.75. The van der Waals surface area contributed by atoms with Gasteiger partial charge < -0.3 is 9.64 Å². The van der Waals surface area contributed by atoms with Gasteiger partial charge in [-0.05, 0) is 52.2 Å². The maximum absolute atomic E-state index is 12.7. The van der Waals surface area contributed by atoms with Gasteiger partial charge in [-0.1, -0.05) is 0 Å². The van der Waals surface area contributed by atoms with Gasteiger partial charge in [0.2, 0.25) is 0 Å². The van der Waals surface area contributed by atoms with E-state index >= 15 is 0 Å². The molecule has 130 valence electrons. The number of likely N-dealkylation sites (tertiary alicyclic amines) is 1. The van der Waals surface area contributed by atoms with Gasteiger partial charge in [-0.3, -0.25) is 4.21 Å². The van der Waals surface area contributed by atoms with Gasteiger partial charge >= 0.3 is 6.09 Å². The van der Waals surface area contributed by atoms with E-state index in [9.17, 15) is 9.00 Å². The van der Waals surface area contributed by atoms with Gasteiger partial charge in [0.05, 0.1) is 22.1 Å². The number of hydrogen-bond acceptors (Lipinski definition) is 5. The van der Waals surface area contributed by atoms with E-state index in [1.165, 1.54) is 6.20 Å². The lowest BCUT2D eigenvalue weighted by Crippen LogP contribution is -2.48. The Bertz CT molecular complexity index is 664. The summed E-state index contributed by atoms with van der Waals surface area (Å²) in [4.78, 5) is 18.2. The number of hydrogen-bond donors (Lipinski definition) is 0. The van der Waals surface area contributed by atoms with Crippen molar-refractivity contribution in [1.29, 1.82) is 5.26 Å². The summed E-state index contributed by atoms with van der Waals surface area (Å²) in [5.41, 5.74) is -0.247. The van der Waals surface area contributed by atoms with Crippen molar-refractivity contribution >= 4 is 16.9 Å². The summed E-state index contributed by atoms with van der Waals surface area (Å²) in [6.07, 6.45) is 3.83. The molecule has 1 aliphatic rings. The fourth-order valence-corrected chi connectivity index (χ4v) is 4.04. The van der Waals surface area contributed by atoms with Crippen LogP contribution in [0.4, 0.5) is 4.79 Å². The highest BCUT2D eigenvalue weighted by molar-refractivity contribution is 7.85. The number of rotatable bonds is 3. The zero-order valence-electron chi connectivity index (χ0n) is 14.3. The van der Waals surface area contributed by atoms with E-state index in [-0.39, 0.29) is 22.9 Å². The van der Waals surface area contributed by atoms with Crippen LogP contribution in [0.3, 0.4) is 0 Å². The first-order valence-corrected chi connectivity index (χ1v) is 9.37. The minimum Gasteiger partial charge on any atom is -0.444 e. The molecule has 24 heavy (non-hydrogen) atoms. The van der Waals surface area contributed by atoms with Crippen molar-refractivity contribution in [3.05, 3.63) is 23.9 Å². The Balaban J connectivity index is 2.12. The summed E-state index contributed by atoms with van der Waals surface area (Å²) in [5, 5.41) is 9.42. The van der Waals surface area contributed by atoms with Crippen molar-refractivity contribution < 1.29 is 13.7 Å². The van der Waals surface area contributed by atoms with Gasteiger partial charge in [0.15, 0.2) is 0 Å². The van der Waals surface area contributed by atoms with E-state index in [0.717, 1.165) is 19.3 Å². The molecule has 1 fully saturated rings. The predicted molar refractivity (Wildman–Crippen MR) is 90.8 cm³/mol. The second-order valence-corrected chi connectivity index (χ2v) is 8.21. The molecular weight excluding hydrogens is 326 g/mol. The Morgan fingerprint density at radius 3 is 2.92 bits per heavy atom. The standard InChI is InChI=1S/C17H23N3O3S/c1-17(2,3)23-16(21)20-10-5-4-8-14(20)12-24(22)15-13(11-18)7-6-9-19-15/h6-7,9,14H,4-5,8,10,12H2,1-3H3. The van der Waals surface area contributed by atoms with E-state index in [1.807, 2.05) is 26.8 Å². The van der Waals surface area contributed by atoms with Crippen LogP contribution in [0.2, 0.25) is 0 Å². The Hall–Kier alpha value is -1.94. The summed E-state index contributed by atoms with van der Waals surface area (Å²) in [6, 6.07) is 5.10. The maximum Gasteiger partial charge on any atom is 0.410 e. The molecule has 2 atom stereocenters. The van der Waals surface area contributed by atoms with Crippen LogP contribution >= 0.6 is 0 Å². The number of carbonyl (C=O) groups is 1. The summed E-state index contributed by atoms with van der Waals surface area (Å²) in [7, 11) is -1.44. The molecule has 0 saturated carbocycles. The number of amides is 1. The molecule has 1 aromatic heterocycles. The van der Waals surface area contributed by atoms with Crippen molar-refractivity contribution in [2.75, 3.05) is 12.3 Å². The van der Waals surface area contributed by atoms with Crippen molar-refractivity contribution in [2.45, 2.75) is 56.7 Å². The topological polar surface area (TPSA) is 83.3 Å². The lowest BCUT2D eigenvalue weighted by Gasteiger charge is -2.36. The largest absolute Gasteiger partial charge is 0.444 e. The number of pyridine rings is 1. The second-order valence-electron chi connectivity index (χ2n) is 6.80. The minimum atomic E-state index is -1.44. The maximum atomic E-state index is 12.7. The smallest absolute Gasteiger partial charge is 0.410 e. The van der Waals surface area contributed by atoms with Crippen LogP contribution in [0.1, 0.15) is 45.6 Å². The average Bonchev–Trinajstić information content (AvgIpc) is 2.53. The van der Waals surface area contributed by atoms with Crippen molar-refractivity contribution in [2.24, 2.45) is 0 Å². The number of piperidine rings is 1. The quantitative estimate of drug-likeness (QED) is 0.838. The third-order valence-electron chi connectivity index (χ3n) is 3.71. The molecular formula is C17H23N3O3S. The van der Waals surface area contributed by atoms with E-state index in [1.54, 1.807) is 17.0 Å². The number of nitrogens with zero attached hydrogens (tertiary/aromatic N) is 3. The monoisotopic (exact) mass is 349 g/mol. The van der Waals surface area contributed by atoms with Crippen LogP contribution < -0.4 is 0 Å². The zero-order valence-corrected chi connectivity index (χ0v) is 15.1. The minimum absolute atomic E-state index is 0.164. The number of aromatic nitrogens is 1. The number of ether oxygens (including phenoxy) is 1. The van der Waals surface area contributed by atoms with Crippen molar-refractivity contribution in [3.63, 3.8) is 0 Å². The Labute approximate surface area is 145 Å². The fourth-order valence-electron chi connectivity index (χ4n) is 2.65. The first kappa shape index (κ1) is 18.4. The van der Waals surface area contributed by atoms with Crippen molar-refractivity contribution in [1.82, 2.24) is 9.88 Å². The lowest BCUT2D eigenvalue weighted by molar-refractivity contribution is 0.0125. The van der Waals surface area contributed by atoms with Crippen LogP contribution in [0.5, 0.6) is 0 Å². The van der Waals surface area contributed by atoms with Crippen LogP contribution in [-0.4, -0.2) is 44.1 Å². The van der Waals surface area contributed by atoms with E-state index < -0.39 is 16.4 Å². The van der Waals surface area contributed by atoms with Crippen LogP contribution in [0.25, 0.3) is 0 Å². The third kappa shape index (κ3) is 4.78. The zero-order chi connectivity index (χ0) is 17.7. The molecule has 2 unspecified atom stereocenters. The molecule has 0 aromatic carbocycles. The molecule has 0 radical (unpaired) electrons. The van der Waals surface area contributed by atoms with E-state index in [0.29, 0.717) is 12.1 Å². The molecule has 0 N–H and O–H groups in total. The first-order valence-electron chi connectivity index (χ1n) is 8.05. The predicted octanol–water partition coefficient (Wildman–Crippen LogP) is 2.85. The molecule has 7 heteroatoms. The Morgan fingerprint density at radius 1 is 1.50 bits per heavy atom. The summed E-state index contributed by atoms with van der Waals surface area (Å²) < 4.78 is 18.1. The van der Waals surface area contributed by atoms with Gasteiger partial charge in [0, 0.05) is 18.8 Å². The van der Waals surface area contributed by atoms with Crippen LogP contribution in [-0.2, 0) is 15.5 Å². The number of carbonyl (C=O) groups excluding carboxylic acids is 1. The summed E-state index contributed by atoms with van der Waals surface area (Å²) in [6.45, 7) is 6.09. The normalized spacial score (nSPS) is 19.4. The van der Waals surface area contributed by atoms with Gasteiger partial charge in [-0.15, -0.1) is 0 Å². The molecule has 1 saturated heterocycles. The van der Waals surface area contributed by atoms with Gasteiger partial charge in [-0.2, -0.15) is 5.26 Å². The van der Waals surface area contributed by atoms with Gasteiger partial charge in [0.25, 0.3) is 0 Å². The third-order valence-corrected chi connectivity index (χ3v) is 5.15. The molecule has 0 spiro atoms. The lowest BCUT2D eigenvalue weighted by atomic mass is 10.0. The van der Waals surface area contributed by atoms with Crippen LogP contribution in [0.15, 0.2) is 23.4 Å². The van der Waals surface area contributed by atoms with Gasteiger partial charge in [0.1, 0.15) is 16.7 Å². The summed E-state index contributed by atoms with van der Waals surface area (Å²) >= 11 is 0. The molecule has 1 aromatic rings. The highest BCUT2D eigenvalue weighted by Crippen LogP contribution is 2.22. The molecule has 1 aliphatic heterocycles. The van der Waals surface area contributed by atoms with Gasteiger partial charge in [-0.25, -0.2) is 9.78 Å². The number of nitriles is 1. The molecule has 6 nitrogen and oxygen atoms in total. The average molecular weight is 349 g/mol. The summed E-state index contributed by atoms with van der Waals surface area (Å²) in [5.74, 6) is 0.269. The highest BCUT2D eigenvalue weighted by Gasteiger charge is 2.32. The van der Waals surface area contributed by atoms with Crippen LogP contribution in [0, 0.1) is 11.3 Å². The van der Waals surface area contributed by atoms with E-state index in [4.69, 9.17) is 10.00 Å². The molecule has 1 amide bonds. The van der Waals surface area contributed by atoms with E-state index in [2.05, 4.69) is 4.98 Å². The van der Waals surface area contributed by atoms with Crippen molar-refractivity contribution in [3.8, 4) is 6.07 Å². The first-order chi connectivity index (χ1) is 11.3. The highest BCUT2D eigenvalue weighted by atomic mass is 32.2. The molecule has 2 rings (SSSR count). The fraction of sp³-hybridized carbons (Fsp3) is 0.588. The Morgan fingerprint density at radius 2 is 2.25 bits per heavy atom. The Kier molecular flexibility index (Phi) is 5.94. The SMILES string of the molecule is CC(C)(C)OC(=O)N1CCCCC1CS(=O)c1ncccc1C#N. The molecule has 0 bridgehead atoms. The molecule has 0 aliphatic carbocycles.